The van der Waals surface area contributed by atoms with Gasteiger partial charge >= 0.3 is 0 Å². The maximum absolute atomic E-state index is 9.23. The zero-order valence-corrected chi connectivity index (χ0v) is 9.72. The first kappa shape index (κ1) is 11.8. The van der Waals surface area contributed by atoms with Gasteiger partial charge in [-0.3, -0.25) is 4.98 Å². The van der Waals surface area contributed by atoms with E-state index in [4.69, 9.17) is 5.11 Å². The number of aliphatic hydroxyl groups is 2. The van der Waals surface area contributed by atoms with E-state index in [1.165, 1.54) is 0 Å². The molecule has 0 spiro atoms. The molecule has 0 fully saturated rings. The molecule has 88 valence electrons. The molecule has 2 N–H and O–H groups in total. The van der Waals surface area contributed by atoms with Gasteiger partial charge in [0.2, 0.25) is 0 Å². The number of rotatable bonds is 3. The van der Waals surface area contributed by atoms with Crippen LogP contribution in [0.2, 0.25) is 0 Å². The minimum atomic E-state index is -0.0143. The maximum Gasteiger partial charge on any atom is 0.0697 e. The molecular formula is C14H15NO2. The summed E-state index contributed by atoms with van der Waals surface area (Å²) in [6.45, 7) is 2.00. The zero-order valence-electron chi connectivity index (χ0n) is 9.72. The van der Waals surface area contributed by atoms with Crippen LogP contribution in [0.1, 0.15) is 16.7 Å². The van der Waals surface area contributed by atoms with Crippen molar-refractivity contribution in [3.05, 3.63) is 53.3 Å². The molecule has 17 heavy (non-hydrogen) atoms. The van der Waals surface area contributed by atoms with Crippen molar-refractivity contribution in [3.63, 3.8) is 0 Å². The molecule has 2 rings (SSSR count). The summed E-state index contributed by atoms with van der Waals surface area (Å²) < 4.78 is 0. The molecule has 0 saturated heterocycles. The molecule has 2 aromatic rings. The quantitative estimate of drug-likeness (QED) is 0.846. The lowest BCUT2D eigenvalue weighted by Crippen LogP contribution is -1.93. The van der Waals surface area contributed by atoms with Crippen molar-refractivity contribution in [1.82, 2.24) is 4.98 Å². The van der Waals surface area contributed by atoms with E-state index in [1.807, 2.05) is 31.2 Å². The number of hydrogen-bond acceptors (Lipinski definition) is 3. The summed E-state index contributed by atoms with van der Waals surface area (Å²) in [5.74, 6) is 0. The first-order valence-electron chi connectivity index (χ1n) is 5.50. The number of aromatic nitrogens is 1. The lowest BCUT2D eigenvalue weighted by atomic mass is 9.97. The third kappa shape index (κ3) is 2.35. The molecule has 1 aromatic carbocycles. The van der Waals surface area contributed by atoms with Crippen LogP contribution in [0.5, 0.6) is 0 Å². The van der Waals surface area contributed by atoms with Gasteiger partial charge in [0.1, 0.15) is 0 Å². The van der Waals surface area contributed by atoms with E-state index < -0.39 is 0 Å². The summed E-state index contributed by atoms with van der Waals surface area (Å²) in [7, 11) is 0. The molecule has 0 unspecified atom stereocenters. The van der Waals surface area contributed by atoms with E-state index in [0.29, 0.717) is 0 Å². The standard InChI is InChI=1S/C14H15NO2/c1-10-12(9-17)3-2-4-14(10)13-5-11(8-16)6-15-7-13/h2-7,16-17H,8-9H2,1H3. The predicted molar refractivity (Wildman–Crippen MR) is 66.3 cm³/mol. The first-order chi connectivity index (χ1) is 8.26. The highest BCUT2D eigenvalue weighted by Crippen LogP contribution is 2.25. The Hall–Kier alpha value is -1.71. The van der Waals surface area contributed by atoms with Crippen LogP contribution < -0.4 is 0 Å². The van der Waals surface area contributed by atoms with Crippen molar-refractivity contribution < 1.29 is 10.2 Å². The van der Waals surface area contributed by atoms with E-state index >= 15 is 0 Å². The predicted octanol–water partition coefficient (Wildman–Crippen LogP) is 2.04. The molecule has 1 heterocycles. The average Bonchev–Trinajstić information content (AvgIpc) is 2.39. The van der Waals surface area contributed by atoms with Gasteiger partial charge in [0.05, 0.1) is 13.2 Å². The molecule has 0 radical (unpaired) electrons. The molecule has 3 heteroatoms. The highest BCUT2D eigenvalue weighted by atomic mass is 16.3. The maximum atomic E-state index is 9.23. The zero-order chi connectivity index (χ0) is 12.3. The van der Waals surface area contributed by atoms with Crippen molar-refractivity contribution in [2.45, 2.75) is 20.1 Å². The van der Waals surface area contributed by atoms with Gasteiger partial charge < -0.3 is 10.2 Å². The van der Waals surface area contributed by atoms with Crippen LogP contribution in [-0.4, -0.2) is 15.2 Å². The highest BCUT2D eigenvalue weighted by molar-refractivity contribution is 5.68. The van der Waals surface area contributed by atoms with Gasteiger partial charge in [0.25, 0.3) is 0 Å². The highest BCUT2D eigenvalue weighted by Gasteiger charge is 2.06. The fourth-order valence-electron chi connectivity index (χ4n) is 1.89. The molecule has 3 nitrogen and oxygen atoms in total. The van der Waals surface area contributed by atoms with Crippen LogP contribution in [0, 0.1) is 6.92 Å². The molecular weight excluding hydrogens is 214 g/mol. The summed E-state index contributed by atoms with van der Waals surface area (Å²) in [5.41, 5.74) is 4.75. The number of benzene rings is 1. The largest absolute Gasteiger partial charge is 0.392 e. The summed E-state index contributed by atoms with van der Waals surface area (Å²) in [6.07, 6.45) is 3.41. The van der Waals surface area contributed by atoms with Gasteiger partial charge in [0.15, 0.2) is 0 Å². The smallest absolute Gasteiger partial charge is 0.0697 e. The summed E-state index contributed by atoms with van der Waals surface area (Å²) in [4.78, 5) is 4.11. The number of pyridine rings is 1. The van der Waals surface area contributed by atoms with Crippen LogP contribution in [0.4, 0.5) is 0 Å². The number of aliphatic hydroxyl groups excluding tert-OH is 2. The number of hydrogen-bond donors (Lipinski definition) is 2. The van der Waals surface area contributed by atoms with Crippen LogP contribution in [0.25, 0.3) is 11.1 Å². The molecule has 0 amide bonds. The Morgan fingerprint density at radius 1 is 1.12 bits per heavy atom. The van der Waals surface area contributed by atoms with E-state index in [0.717, 1.165) is 27.8 Å². The van der Waals surface area contributed by atoms with Crippen molar-refractivity contribution in [2.24, 2.45) is 0 Å². The Bertz CT molecular complexity index is 523. The molecule has 0 aliphatic carbocycles. The molecule has 0 atom stereocenters. The third-order valence-electron chi connectivity index (χ3n) is 2.90. The van der Waals surface area contributed by atoms with Gasteiger partial charge in [-0.1, -0.05) is 18.2 Å². The van der Waals surface area contributed by atoms with Crippen molar-refractivity contribution >= 4 is 0 Å². The van der Waals surface area contributed by atoms with Gasteiger partial charge in [-0.2, -0.15) is 0 Å². The second-order valence-corrected chi connectivity index (χ2v) is 3.99. The SMILES string of the molecule is Cc1c(CO)cccc1-c1cncc(CO)c1. The fourth-order valence-corrected chi connectivity index (χ4v) is 1.89. The van der Waals surface area contributed by atoms with E-state index in [1.54, 1.807) is 12.4 Å². The Labute approximate surface area is 100 Å². The summed E-state index contributed by atoms with van der Waals surface area (Å²) >= 11 is 0. The minimum Gasteiger partial charge on any atom is -0.392 e. The van der Waals surface area contributed by atoms with Crippen LogP contribution in [0.15, 0.2) is 36.7 Å². The van der Waals surface area contributed by atoms with Crippen molar-refractivity contribution in [3.8, 4) is 11.1 Å². The lowest BCUT2D eigenvalue weighted by molar-refractivity contribution is 0.281. The van der Waals surface area contributed by atoms with Gasteiger partial charge in [-0.15, -0.1) is 0 Å². The van der Waals surface area contributed by atoms with Gasteiger partial charge in [-0.05, 0) is 35.2 Å². The molecule has 0 aliphatic rings. The van der Waals surface area contributed by atoms with E-state index in [-0.39, 0.29) is 13.2 Å². The lowest BCUT2D eigenvalue weighted by Gasteiger charge is -2.10. The summed E-state index contributed by atoms with van der Waals surface area (Å²) in [5, 5.41) is 18.3. The first-order valence-corrected chi connectivity index (χ1v) is 5.50. The van der Waals surface area contributed by atoms with Gasteiger partial charge in [0, 0.05) is 18.0 Å². The topological polar surface area (TPSA) is 53.4 Å². The fraction of sp³-hybridized carbons (Fsp3) is 0.214. The molecule has 1 aromatic heterocycles. The van der Waals surface area contributed by atoms with E-state index in [2.05, 4.69) is 4.98 Å². The summed E-state index contributed by atoms with van der Waals surface area (Å²) in [6, 6.07) is 7.73. The molecule has 0 saturated carbocycles. The van der Waals surface area contributed by atoms with E-state index in [9.17, 15) is 5.11 Å². The third-order valence-corrected chi connectivity index (χ3v) is 2.90. The Morgan fingerprint density at radius 2 is 1.94 bits per heavy atom. The average molecular weight is 229 g/mol. The minimum absolute atomic E-state index is 0.0143. The second kappa shape index (κ2) is 5.08. The van der Waals surface area contributed by atoms with Crippen molar-refractivity contribution in [1.29, 1.82) is 0 Å². The van der Waals surface area contributed by atoms with Crippen LogP contribution >= 0.6 is 0 Å². The van der Waals surface area contributed by atoms with Crippen molar-refractivity contribution in [2.75, 3.05) is 0 Å². The van der Waals surface area contributed by atoms with Gasteiger partial charge in [-0.25, -0.2) is 0 Å². The Balaban J connectivity index is 2.52. The Morgan fingerprint density at radius 3 is 2.65 bits per heavy atom. The molecule has 0 aliphatic heterocycles. The Kier molecular flexibility index (Phi) is 3.52. The normalized spacial score (nSPS) is 10.5. The van der Waals surface area contributed by atoms with Crippen LogP contribution in [0.3, 0.4) is 0 Å². The van der Waals surface area contributed by atoms with Crippen LogP contribution in [-0.2, 0) is 13.2 Å². The number of nitrogens with zero attached hydrogens (tertiary/aromatic N) is 1. The second-order valence-electron chi connectivity index (χ2n) is 3.99. The molecule has 0 bridgehead atoms. The monoisotopic (exact) mass is 229 g/mol.